The van der Waals surface area contributed by atoms with Crippen LogP contribution in [0.1, 0.15) is 24.4 Å². The summed E-state index contributed by atoms with van der Waals surface area (Å²) < 4.78 is 7.80. The number of imidazole rings is 1. The van der Waals surface area contributed by atoms with Crippen LogP contribution in [0.3, 0.4) is 0 Å². The second-order valence-corrected chi connectivity index (χ2v) is 8.67. The summed E-state index contributed by atoms with van der Waals surface area (Å²) in [5.74, 6) is 1.47. The van der Waals surface area contributed by atoms with E-state index < -0.39 is 6.10 Å². The molecular weight excluding hydrogens is 378 g/mol. The van der Waals surface area contributed by atoms with E-state index in [0.29, 0.717) is 30.6 Å². The summed E-state index contributed by atoms with van der Waals surface area (Å²) in [4.78, 5) is 19.1. The number of benzene rings is 2. The first kappa shape index (κ1) is 19.1. The topological polar surface area (TPSA) is 67.6 Å². The summed E-state index contributed by atoms with van der Waals surface area (Å²) >= 11 is 0. The van der Waals surface area contributed by atoms with E-state index in [0.717, 1.165) is 29.6 Å². The highest BCUT2D eigenvalue weighted by Crippen LogP contribution is 2.42. The van der Waals surface area contributed by atoms with Gasteiger partial charge in [-0.25, -0.2) is 4.98 Å². The molecular formula is C24H27N3O3. The van der Waals surface area contributed by atoms with Gasteiger partial charge in [0.25, 0.3) is 5.91 Å². The second kappa shape index (κ2) is 7.76. The summed E-state index contributed by atoms with van der Waals surface area (Å²) in [5.41, 5.74) is 3.16. The Morgan fingerprint density at radius 1 is 1.10 bits per heavy atom. The number of aryl methyl sites for hydroxylation is 1. The number of amides is 1. The van der Waals surface area contributed by atoms with Crippen LogP contribution in [0.25, 0.3) is 11.0 Å². The van der Waals surface area contributed by atoms with Crippen LogP contribution in [0.5, 0.6) is 5.75 Å². The zero-order valence-corrected chi connectivity index (χ0v) is 17.1. The summed E-state index contributed by atoms with van der Waals surface area (Å²) in [6.45, 7) is 3.52. The Kier molecular flexibility index (Phi) is 4.95. The van der Waals surface area contributed by atoms with Crippen molar-refractivity contribution in [3.63, 3.8) is 0 Å². The Hall–Kier alpha value is -2.86. The van der Waals surface area contributed by atoms with E-state index in [9.17, 15) is 9.90 Å². The molecule has 0 radical (unpaired) electrons. The fourth-order valence-corrected chi connectivity index (χ4v) is 5.02. The third kappa shape index (κ3) is 3.56. The van der Waals surface area contributed by atoms with Crippen LogP contribution in [0.2, 0.25) is 0 Å². The van der Waals surface area contributed by atoms with Crippen LogP contribution >= 0.6 is 0 Å². The maximum absolute atomic E-state index is 12.7. The van der Waals surface area contributed by atoms with Crippen LogP contribution in [0, 0.1) is 18.8 Å². The largest absolute Gasteiger partial charge is 0.484 e. The van der Waals surface area contributed by atoms with Gasteiger partial charge in [-0.3, -0.25) is 4.79 Å². The lowest BCUT2D eigenvalue weighted by atomic mass is 9.77. The molecule has 2 aliphatic rings. The van der Waals surface area contributed by atoms with Gasteiger partial charge in [-0.15, -0.1) is 0 Å². The molecule has 4 atom stereocenters. The molecule has 1 saturated heterocycles. The molecule has 5 rings (SSSR count). The zero-order valence-electron chi connectivity index (χ0n) is 17.1. The molecule has 2 aromatic carbocycles. The highest BCUT2D eigenvalue weighted by molar-refractivity contribution is 5.78. The Bertz CT molecular complexity index is 1050. The number of aliphatic hydroxyl groups excluding tert-OH is 1. The molecule has 1 aromatic heterocycles. The lowest BCUT2D eigenvalue weighted by molar-refractivity contribution is -0.132. The SMILES string of the molecule is Cc1ccc(OCC(=O)N2C[C@H]3C[C@@H](n4cnc5ccccc54)[C@H](O)C[C@H]3C2)cc1. The Morgan fingerprint density at radius 2 is 1.83 bits per heavy atom. The number of hydrogen-bond donors (Lipinski definition) is 1. The predicted octanol–water partition coefficient (Wildman–Crippen LogP) is 3.19. The number of fused-ring (bicyclic) bond motifs is 2. The number of para-hydroxylation sites is 2. The highest BCUT2D eigenvalue weighted by atomic mass is 16.5. The van der Waals surface area contributed by atoms with Crippen molar-refractivity contribution in [2.45, 2.75) is 31.9 Å². The van der Waals surface area contributed by atoms with E-state index in [4.69, 9.17) is 4.74 Å². The van der Waals surface area contributed by atoms with Crippen molar-refractivity contribution in [2.24, 2.45) is 11.8 Å². The van der Waals surface area contributed by atoms with Gasteiger partial charge in [0.05, 0.1) is 29.5 Å². The molecule has 156 valence electrons. The number of aromatic nitrogens is 2. The summed E-state index contributed by atoms with van der Waals surface area (Å²) in [6.07, 6.45) is 2.98. The van der Waals surface area contributed by atoms with E-state index in [1.165, 1.54) is 0 Å². The van der Waals surface area contributed by atoms with Gasteiger partial charge in [0, 0.05) is 13.1 Å². The van der Waals surface area contributed by atoms with E-state index in [-0.39, 0.29) is 18.6 Å². The second-order valence-electron chi connectivity index (χ2n) is 8.67. The number of carbonyl (C=O) groups excluding carboxylic acids is 1. The molecule has 2 heterocycles. The maximum Gasteiger partial charge on any atom is 0.260 e. The third-order valence-corrected chi connectivity index (χ3v) is 6.68. The van der Waals surface area contributed by atoms with Crippen molar-refractivity contribution in [1.82, 2.24) is 14.5 Å². The standard InChI is InChI=1S/C24H27N3O3/c1-16-6-8-19(9-7-16)30-14-24(29)26-12-17-10-22(23(28)11-18(17)13-26)27-15-25-20-4-2-3-5-21(20)27/h2-9,15,17-18,22-23,28H,10-14H2,1H3/t17-,18+,22-,23-/m1/s1. The normalized spacial score (nSPS) is 26.0. The molecule has 0 spiro atoms. The predicted molar refractivity (Wildman–Crippen MR) is 114 cm³/mol. The van der Waals surface area contributed by atoms with Crippen LogP contribution in [-0.4, -0.2) is 51.3 Å². The molecule has 1 aliphatic heterocycles. The minimum absolute atomic E-state index is 0.00231. The van der Waals surface area contributed by atoms with Crippen molar-refractivity contribution in [2.75, 3.05) is 19.7 Å². The first-order chi connectivity index (χ1) is 14.6. The first-order valence-electron chi connectivity index (χ1n) is 10.7. The Balaban J connectivity index is 1.24. The molecule has 30 heavy (non-hydrogen) atoms. The third-order valence-electron chi connectivity index (χ3n) is 6.68. The zero-order chi connectivity index (χ0) is 20.7. The van der Waals surface area contributed by atoms with Gasteiger partial charge < -0.3 is 19.3 Å². The fraction of sp³-hybridized carbons (Fsp3) is 0.417. The number of rotatable bonds is 4. The van der Waals surface area contributed by atoms with Gasteiger partial charge >= 0.3 is 0 Å². The van der Waals surface area contributed by atoms with Gasteiger partial charge in [-0.2, -0.15) is 0 Å². The smallest absolute Gasteiger partial charge is 0.260 e. The molecule has 2 fully saturated rings. The van der Waals surface area contributed by atoms with Gasteiger partial charge in [0.1, 0.15) is 5.75 Å². The molecule has 1 aliphatic carbocycles. The van der Waals surface area contributed by atoms with E-state index >= 15 is 0 Å². The monoisotopic (exact) mass is 405 g/mol. The van der Waals surface area contributed by atoms with Gasteiger partial charge in [0.2, 0.25) is 0 Å². The summed E-state index contributed by atoms with van der Waals surface area (Å²) in [6, 6.07) is 15.8. The van der Waals surface area contributed by atoms with Crippen molar-refractivity contribution in [3.8, 4) is 5.75 Å². The average Bonchev–Trinajstić information content (AvgIpc) is 3.36. The minimum atomic E-state index is -0.428. The molecule has 1 N–H and O–H groups in total. The first-order valence-corrected chi connectivity index (χ1v) is 10.7. The lowest BCUT2D eigenvalue weighted by Crippen LogP contribution is -2.36. The van der Waals surface area contributed by atoms with E-state index in [1.807, 2.05) is 66.7 Å². The van der Waals surface area contributed by atoms with Crippen molar-refractivity contribution in [3.05, 3.63) is 60.4 Å². The average molecular weight is 405 g/mol. The van der Waals surface area contributed by atoms with Gasteiger partial charge in [0.15, 0.2) is 6.61 Å². The number of aliphatic hydroxyl groups is 1. The summed E-state index contributed by atoms with van der Waals surface area (Å²) in [7, 11) is 0. The quantitative estimate of drug-likeness (QED) is 0.724. The Labute approximate surface area is 176 Å². The van der Waals surface area contributed by atoms with Crippen LogP contribution in [-0.2, 0) is 4.79 Å². The van der Waals surface area contributed by atoms with Crippen LogP contribution in [0.15, 0.2) is 54.9 Å². The van der Waals surface area contributed by atoms with Crippen molar-refractivity contribution >= 4 is 16.9 Å². The minimum Gasteiger partial charge on any atom is -0.484 e. The molecule has 1 amide bonds. The summed E-state index contributed by atoms with van der Waals surface area (Å²) in [5, 5.41) is 10.9. The number of likely N-dealkylation sites (tertiary alicyclic amines) is 1. The molecule has 0 bridgehead atoms. The molecule has 1 saturated carbocycles. The fourth-order valence-electron chi connectivity index (χ4n) is 5.02. The lowest BCUT2D eigenvalue weighted by Gasteiger charge is -2.36. The number of hydrogen-bond acceptors (Lipinski definition) is 4. The van der Waals surface area contributed by atoms with Crippen molar-refractivity contribution in [1.29, 1.82) is 0 Å². The molecule has 0 unspecified atom stereocenters. The van der Waals surface area contributed by atoms with E-state index in [1.54, 1.807) is 0 Å². The van der Waals surface area contributed by atoms with Crippen LogP contribution in [0.4, 0.5) is 0 Å². The molecule has 3 aromatic rings. The van der Waals surface area contributed by atoms with Gasteiger partial charge in [-0.1, -0.05) is 29.8 Å². The number of ether oxygens (including phenoxy) is 1. The van der Waals surface area contributed by atoms with E-state index in [2.05, 4.69) is 9.55 Å². The number of carbonyl (C=O) groups is 1. The van der Waals surface area contributed by atoms with Gasteiger partial charge in [-0.05, 0) is 55.9 Å². The Morgan fingerprint density at radius 3 is 2.63 bits per heavy atom. The maximum atomic E-state index is 12.7. The molecule has 6 nitrogen and oxygen atoms in total. The van der Waals surface area contributed by atoms with Crippen LogP contribution < -0.4 is 4.74 Å². The van der Waals surface area contributed by atoms with Crippen molar-refractivity contribution < 1.29 is 14.6 Å². The highest BCUT2D eigenvalue weighted by Gasteiger charge is 2.43. The molecule has 6 heteroatoms. The number of nitrogens with zero attached hydrogens (tertiary/aromatic N) is 3.